The molecule has 0 radical (unpaired) electrons. The number of anilines is 2. The summed E-state index contributed by atoms with van der Waals surface area (Å²) in [7, 11) is 0. The summed E-state index contributed by atoms with van der Waals surface area (Å²) >= 11 is 10.5. The van der Waals surface area contributed by atoms with E-state index >= 15 is 4.39 Å². The number of nitrogens with one attached hydrogen (secondary N) is 1. The van der Waals surface area contributed by atoms with Gasteiger partial charge >= 0.3 is 13.4 Å². The Bertz CT molecular complexity index is 2080. The average Bonchev–Trinajstić information content (AvgIpc) is 3.76. The molecule has 4 aromatic rings. The first-order valence-corrected chi connectivity index (χ1v) is 18.6. The predicted molar refractivity (Wildman–Crippen MR) is 165 cm³/mol. The first-order valence-electron chi connectivity index (χ1n) is 13.5. The number of hydrogen-bond acceptors (Lipinski definition) is 16. The van der Waals surface area contributed by atoms with E-state index in [1.165, 1.54) is 21.7 Å². The quantitative estimate of drug-likeness (QED) is 0.0842. The van der Waals surface area contributed by atoms with E-state index in [2.05, 4.69) is 34.9 Å². The summed E-state index contributed by atoms with van der Waals surface area (Å²) in [6, 6.07) is 0.292. The monoisotopic (exact) mass is 732 g/mol. The first kappa shape index (κ1) is 32.3. The molecule has 2 unspecified atom stereocenters. The Morgan fingerprint density at radius 3 is 2.34 bits per heavy atom. The number of halogens is 1. The van der Waals surface area contributed by atoms with Crippen molar-refractivity contribution in [2.75, 3.05) is 24.7 Å². The highest BCUT2D eigenvalue weighted by Gasteiger charge is 2.53. The van der Waals surface area contributed by atoms with Crippen molar-refractivity contribution in [1.82, 2.24) is 34.1 Å². The lowest BCUT2D eigenvalue weighted by molar-refractivity contribution is -0.0606. The Labute approximate surface area is 271 Å². The molecule has 7 heterocycles. The Kier molecular flexibility index (Phi) is 8.28. The van der Waals surface area contributed by atoms with Crippen molar-refractivity contribution in [2.45, 2.75) is 49.1 Å². The van der Waals surface area contributed by atoms with Gasteiger partial charge in [-0.2, -0.15) is 4.98 Å². The van der Waals surface area contributed by atoms with Crippen molar-refractivity contribution in [3.05, 3.63) is 45.7 Å². The Hall–Kier alpha value is -3.21. The molecule has 0 saturated carbocycles. The predicted octanol–water partition coefficient (Wildman–Crippen LogP) is 0.791. The number of imidazole rings is 2. The number of nitrogen functional groups attached to an aromatic ring is 2. The number of H-pyrrole nitrogens is 1. The fraction of sp³-hybridized carbons (Fsp3) is 0.476. The highest BCUT2D eigenvalue weighted by atomic mass is 32.5. The van der Waals surface area contributed by atoms with Gasteiger partial charge < -0.3 is 44.3 Å². The van der Waals surface area contributed by atoms with Crippen LogP contribution in [-0.4, -0.2) is 93.7 Å². The average molecular weight is 733 g/mol. The van der Waals surface area contributed by atoms with Crippen LogP contribution < -0.4 is 17.0 Å². The number of alkyl halides is 1. The molecular weight excluding hydrogens is 709 g/mol. The number of aromatic nitrogens is 7. The maximum atomic E-state index is 16.0. The van der Waals surface area contributed by atoms with Crippen LogP contribution in [0.15, 0.2) is 34.8 Å². The molecule has 4 aromatic heterocycles. The maximum Gasteiger partial charge on any atom is 0.325 e. The minimum absolute atomic E-state index is 0.0865. The van der Waals surface area contributed by atoms with Crippen LogP contribution in [0.25, 0.3) is 32.8 Å². The molecule has 3 fully saturated rings. The van der Waals surface area contributed by atoms with Crippen LogP contribution in [0, 0.1) is 0 Å². The third-order valence-corrected chi connectivity index (χ3v) is 10.7. The first-order chi connectivity index (χ1) is 22.4. The van der Waals surface area contributed by atoms with E-state index in [1.54, 1.807) is 6.07 Å². The van der Waals surface area contributed by atoms with Gasteiger partial charge in [-0.1, -0.05) is 5.11 Å². The van der Waals surface area contributed by atoms with Crippen LogP contribution in [0.5, 0.6) is 0 Å². The number of ether oxygens (including phenoxy) is 2. The van der Waals surface area contributed by atoms with Crippen molar-refractivity contribution in [3.63, 3.8) is 0 Å². The van der Waals surface area contributed by atoms with E-state index in [-0.39, 0.29) is 22.8 Å². The van der Waals surface area contributed by atoms with Gasteiger partial charge in [0, 0.05) is 11.1 Å². The molecule has 7 rings (SSSR count). The Morgan fingerprint density at radius 2 is 1.62 bits per heavy atom. The number of pyridine rings is 1. The molecule has 3 saturated heterocycles. The lowest BCUT2D eigenvalue weighted by Crippen LogP contribution is -2.35. The van der Waals surface area contributed by atoms with Gasteiger partial charge in [-0.15, -0.1) is 0 Å². The summed E-state index contributed by atoms with van der Waals surface area (Å²) in [5, 5.41) is 3.78. The zero-order chi connectivity index (χ0) is 33.2. The molecule has 250 valence electrons. The zero-order valence-corrected chi connectivity index (χ0v) is 26.8. The van der Waals surface area contributed by atoms with Crippen molar-refractivity contribution >= 4 is 71.0 Å². The summed E-state index contributed by atoms with van der Waals surface area (Å²) < 4.78 is 53.3. The molecular formula is C21H23FN12O9P2S2. The number of nitrogens with two attached hydrogens (primary N) is 2. The van der Waals surface area contributed by atoms with Crippen LogP contribution in [0.4, 0.5) is 16.0 Å². The summed E-state index contributed by atoms with van der Waals surface area (Å²) in [4.78, 5) is 56.4. The van der Waals surface area contributed by atoms with Crippen LogP contribution >= 0.6 is 13.4 Å². The molecule has 21 nitrogen and oxygen atoms in total. The number of azide groups is 1. The Morgan fingerprint density at radius 1 is 1.00 bits per heavy atom. The number of fused-ring (bicyclic) bond motifs is 6. The van der Waals surface area contributed by atoms with Gasteiger partial charge in [0.2, 0.25) is 5.95 Å². The summed E-state index contributed by atoms with van der Waals surface area (Å²) in [6.07, 6.45) is -6.54. The van der Waals surface area contributed by atoms with E-state index < -0.39 is 81.3 Å². The van der Waals surface area contributed by atoms with Crippen LogP contribution in [0.2, 0.25) is 0 Å². The zero-order valence-electron chi connectivity index (χ0n) is 23.4. The second-order valence-corrected chi connectivity index (χ2v) is 16.0. The highest BCUT2D eigenvalue weighted by Crippen LogP contribution is 2.54. The highest BCUT2D eigenvalue weighted by molar-refractivity contribution is 8.07. The van der Waals surface area contributed by atoms with Crippen LogP contribution in [0.3, 0.4) is 0 Å². The lowest BCUT2D eigenvalue weighted by Gasteiger charge is -2.28. The largest absolute Gasteiger partial charge is 0.397 e. The van der Waals surface area contributed by atoms with Crippen molar-refractivity contribution in [2.24, 2.45) is 5.11 Å². The topological polar surface area (TPSA) is 291 Å². The van der Waals surface area contributed by atoms with Crippen LogP contribution in [0.1, 0.15) is 12.5 Å². The number of rotatable bonds is 3. The van der Waals surface area contributed by atoms with Crippen molar-refractivity contribution in [1.29, 1.82) is 0 Å². The van der Waals surface area contributed by atoms with Gasteiger partial charge in [-0.25, -0.2) is 19.3 Å². The SMILES string of the molecule is [N-]=[N+]=N[C@H]1[C@H]2OP(O)(=S)OC[C@H]3O[C@@H](n4cnc5c(=O)[nH]c(N)nc54)[C@H](OP(O)(=S)OC[C@H]1O[C@H]2n1cnc2c(N)ccnc21)[C@@H]3F. The normalized spacial score (nSPS) is 36.3. The van der Waals surface area contributed by atoms with Gasteiger partial charge in [0.1, 0.15) is 23.8 Å². The minimum atomic E-state index is -4.33. The van der Waals surface area contributed by atoms with Gasteiger partial charge in [0.15, 0.2) is 35.4 Å². The van der Waals surface area contributed by atoms with Crippen molar-refractivity contribution < 1.29 is 41.7 Å². The molecule has 0 amide bonds. The fourth-order valence-corrected chi connectivity index (χ4v) is 8.35. The van der Waals surface area contributed by atoms with E-state index in [0.717, 1.165) is 6.33 Å². The number of hydrogen-bond donors (Lipinski definition) is 5. The second kappa shape index (κ2) is 12.0. The molecule has 0 spiro atoms. The number of aromatic amines is 1. The van der Waals surface area contributed by atoms with Gasteiger partial charge in [-0.3, -0.25) is 23.4 Å². The van der Waals surface area contributed by atoms with E-state index in [9.17, 15) is 20.1 Å². The van der Waals surface area contributed by atoms with Crippen molar-refractivity contribution in [3.8, 4) is 0 Å². The summed E-state index contributed by atoms with van der Waals surface area (Å²) in [5.74, 6) is -0.255. The third-order valence-electron chi connectivity index (χ3n) is 7.57. The summed E-state index contributed by atoms with van der Waals surface area (Å²) in [6.45, 7) is -9.88. The molecule has 3 aliphatic rings. The van der Waals surface area contributed by atoms with Gasteiger partial charge in [-0.05, 0) is 35.2 Å². The summed E-state index contributed by atoms with van der Waals surface area (Å²) in [5.41, 5.74) is 21.1. The third kappa shape index (κ3) is 5.91. The van der Waals surface area contributed by atoms with E-state index in [4.69, 9.17) is 62.6 Å². The molecule has 10 atom stereocenters. The molecule has 0 aliphatic carbocycles. The second-order valence-electron chi connectivity index (χ2n) is 10.4. The standard InChI is InChI=1S/C21H23FN12O9P2S2/c22-10-8-3-38-45(37,47)43-15-12(31-32-25)9(41-20(15)33-5-27-11-7(23)1-2-26-16(11)33)4-39-44(36,46)42-14(10)19(40-8)34-6-28-13-17(34)29-21(24)30-18(13)35/h1-2,5-6,8-10,12,14-15,19-20H,3-4H2,(H2,23,26)(H,36,46)(H,37,47)(H3,24,29,30,35)/t8-,9-,10-,12-,14-,15-,19-,20-,44?,45?/m1/s1. The van der Waals surface area contributed by atoms with Gasteiger partial charge in [0.05, 0.1) is 43.7 Å². The molecule has 0 aromatic carbocycles. The lowest BCUT2D eigenvalue weighted by atomic mass is 10.1. The molecule has 47 heavy (non-hydrogen) atoms. The van der Waals surface area contributed by atoms with Gasteiger partial charge in [0.25, 0.3) is 5.56 Å². The smallest absolute Gasteiger partial charge is 0.325 e. The molecule has 7 N–H and O–H groups in total. The molecule has 4 bridgehead atoms. The number of nitrogens with zero attached hydrogens (tertiary/aromatic N) is 9. The molecule has 3 aliphatic heterocycles. The van der Waals surface area contributed by atoms with E-state index in [0.29, 0.717) is 11.2 Å². The Balaban J connectivity index is 1.26. The minimum Gasteiger partial charge on any atom is -0.397 e. The molecule has 26 heteroatoms. The maximum absolute atomic E-state index is 16.0. The fourth-order valence-electron chi connectivity index (χ4n) is 5.53. The van der Waals surface area contributed by atoms with Crippen LogP contribution in [-0.2, 0) is 51.2 Å². The van der Waals surface area contributed by atoms with E-state index in [1.807, 2.05) is 0 Å².